The molecule has 1 aromatic rings. The minimum Gasteiger partial charge on any atom is -0.381 e. The van der Waals surface area contributed by atoms with E-state index in [1.54, 1.807) is 6.92 Å². The van der Waals surface area contributed by atoms with Crippen LogP contribution in [-0.4, -0.2) is 85.6 Å². The smallest absolute Gasteiger partial charge is 0.159 e. The third-order valence-corrected chi connectivity index (χ3v) is 7.45. The number of fused-ring (bicyclic) bond motifs is 1. The number of likely N-dealkylation sites (tertiary alicyclic amines) is 1. The zero-order chi connectivity index (χ0) is 21.5. The van der Waals surface area contributed by atoms with E-state index in [-0.39, 0.29) is 5.78 Å². The Labute approximate surface area is 188 Å². The van der Waals surface area contributed by atoms with E-state index >= 15 is 0 Å². The fourth-order valence-corrected chi connectivity index (χ4v) is 5.55. The molecule has 4 rings (SSSR count). The number of piperidine rings is 2. The molecule has 3 aliphatic rings. The van der Waals surface area contributed by atoms with Gasteiger partial charge in [0.15, 0.2) is 5.78 Å². The van der Waals surface area contributed by atoms with Crippen LogP contribution < -0.4 is 0 Å². The average Bonchev–Trinajstić information content (AvgIpc) is 2.80. The van der Waals surface area contributed by atoms with Crippen LogP contribution in [0.25, 0.3) is 0 Å². The number of ether oxygens (including phenoxy) is 1. The minimum atomic E-state index is 0.141. The number of rotatable bonds is 9. The van der Waals surface area contributed by atoms with E-state index < -0.39 is 0 Å². The molecule has 0 saturated carbocycles. The second kappa shape index (κ2) is 11.6. The normalized spacial score (nSPS) is 26.0. The van der Waals surface area contributed by atoms with Gasteiger partial charge >= 0.3 is 0 Å². The van der Waals surface area contributed by atoms with Crippen molar-refractivity contribution in [1.82, 2.24) is 14.7 Å². The summed E-state index contributed by atoms with van der Waals surface area (Å²) in [6.45, 7) is 13.0. The van der Waals surface area contributed by atoms with Gasteiger partial charge in [0.05, 0.1) is 0 Å². The number of nitrogens with zero attached hydrogens (tertiary/aromatic N) is 3. The molecule has 0 spiro atoms. The Morgan fingerprint density at radius 2 is 1.81 bits per heavy atom. The first-order valence-electron chi connectivity index (χ1n) is 12.5. The maximum absolute atomic E-state index is 11.5. The highest BCUT2D eigenvalue weighted by Crippen LogP contribution is 2.27. The molecule has 3 aliphatic heterocycles. The summed E-state index contributed by atoms with van der Waals surface area (Å²) in [6, 6.07) is 8.83. The van der Waals surface area contributed by atoms with E-state index in [1.165, 1.54) is 76.8 Å². The van der Waals surface area contributed by atoms with Crippen molar-refractivity contribution < 1.29 is 9.53 Å². The van der Waals surface area contributed by atoms with Crippen molar-refractivity contribution in [3.8, 4) is 0 Å². The zero-order valence-corrected chi connectivity index (χ0v) is 19.4. The third-order valence-electron chi connectivity index (χ3n) is 7.45. The van der Waals surface area contributed by atoms with Gasteiger partial charge in [-0.05, 0) is 70.1 Å². The van der Waals surface area contributed by atoms with E-state index in [1.807, 2.05) is 12.1 Å². The molecule has 172 valence electrons. The quantitative estimate of drug-likeness (QED) is 0.444. The third kappa shape index (κ3) is 6.85. The summed E-state index contributed by atoms with van der Waals surface area (Å²) in [5.41, 5.74) is 2.11. The maximum Gasteiger partial charge on any atom is 0.159 e. The average molecular weight is 428 g/mol. The Bertz CT molecular complexity index is 686. The Hall–Kier alpha value is -1.27. The van der Waals surface area contributed by atoms with Crippen LogP contribution >= 0.6 is 0 Å². The Morgan fingerprint density at radius 1 is 1.00 bits per heavy atom. The summed E-state index contributed by atoms with van der Waals surface area (Å²) in [5, 5.41) is 0. The molecule has 0 radical (unpaired) electrons. The van der Waals surface area contributed by atoms with Crippen molar-refractivity contribution in [2.24, 2.45) is 5.92 Å². The Balaban J connectivity index is 1.15. The minimum absolute atomic E-state index is 0.141. The largest absolute Gasteiger partial charge is 0.381 e. The van der Waals surface area contributed by atoms with Gasteiger partial charge in [-0.15, -0.1) is 0 Å². The van der Waals surface area contributed by atoms with E-state index in [0.717, 1.165) is 38.4 Å². The van der Waals surface area contributed by atoms with E-state index in [0.29, 0.717) is 12.0 Å². The lowest BCUT2D eigenvalue weighted by Gasteiger charge is -2.46. The molecule has 0 unspecified atom stereocenters. The van der Waals surface area contributed by atoms with Crippen LogP contribution in [0.3, 0.4) is 0 Å². The van der Waals surface area contributed by atoms with E-state index in [9.17, 15) is 4.79 Å². The molecule has 5 heteroatoms. The number of carbonyl (C=O) groups excluding carboxylic acids is 1. The second-order valence-electron chi connectivity index (χ2n) is 9.90. The highest BCUT2D eigenvalue weighted by atomic mass is 16.5. The molecule has 3 heterocycles. The lowest BCUT2D eigenvalue weighted by Crippen LogP contribution is -2.56. The van der Waals surface area contributed by atoms with E-state index in [4.69, 9.17) is 4.74 Å². The predicted octanol–water partition coefficient (Wildman–Crippen LogP) is 3.68. The fraction of sp³-hybridized carbons (Fsp3) is 0.731. The van der Waals surface area contributed by atoms with Crippen LogP contribution in [0.4, 0.5) is 0 Å². The van der Waals surface area contributed by atoms with Gasteiger partial charge in [-0.3, -0.25) is 14.6 Å². The summed E-state index contributed by atoms with van der Waals surface area (Å²) in [6.07, 6.45) is 7.90. The number of hydrogen-bond acceptors (Lipinski definition) is 5. The SMILES string of the molecule is CC(=O)c1ccc(CN2CCN3CC[C@H](COCCCN4CCCCC4)C[C@@H]3C2)cc1. The number of hydrogen-bond donors (Lipinski definition) is 0. The molecule has 0 N–H and O–H groups in total. The molecule has 31 heavy (non-hydrogen) atoms. The van der Waals surface area contributed by atoms with Crippen molar-refractivity contribution >= 4 is 5.78 Å². The van der Waals surface area contributed by atoms with Gasteiger partial charge in [-0.1, -0.05) is 30.7 Å². The maximum atomic E-state index is 11.5. The fourth-order valence-electron chi connectivity index (χ4n) is 5.55. The van der Waals surface area contributed by atoms with Crippen molar-refractivity contribution in [3.63, 3.8) is 0 Å². The molecular weight excluding hydrogens is 386 g/mol. The van der Waals surface area contributed by atoms with Crippen LogP contribution in [0, 0.1) is 5.92 Å². The second-order valence-corrected chi connectivity index (χ2v) is 9.90. The summed E-state index contributed by atoms with van der Waals surface area (Å²) >= 11 is 0. The van der Waals surface area contributed by atoms with Gasteiger partial charge in [0, 0.05) is 57.5 Å². The van der Waals surface area contributed by atoms with Crippen LogP contribution in [0.15, 0.2) is 24.3 Å². The Kier molecular flexibility index (Phi) is 8.54. The van der Waals surface area contributed by atoms with Gasteiger partial charge in [-0.25, -0.2) is 0 Å². The molecule has 5 nitrogen and oxygen atoms in total. The molecular formula is C26H41N3O2. The van der Waals surface area contributed by atoms with Crippen LogP contribution in [-0.2, 0) is 11.3 Å². The molecule has 0 amide bonds. The molecule has 2 atom stereocenters. The molecule has 0 aliphatic carbocycles. The number of benzene rings is 1. The summed E-state index contributed by atoms with van der Waals surface area (Å²) < 4.78 is 6.11. The van der Waals surface area contributed by atoms with Crippen molar-refractivity contribution in [3.05, 3.63) is 35.4 Å². The molecule has 0 aromatic heterocycles. The number of carbonyl (C=O) groups is 1. The topological polar surface area (TPSA) is 36.0 Å². The lowest BCUT2D eigenvalue weighted by molar-refractivity contribution is -0.000116. The van der Waals surface area contributed by atoms with Crippen LogP contribution in [0.2, 0.25) is 0 Å². The van der Waals surface area contributed by atoms with Crippen LogP contribution in [0.1, 0.15) is 61.4 Å². The zero-order valence-electron chi connectivity index (χ0n) is 19.4. The Morgan fingerprint density at radius 3 is 2.58 bits per heavy atom. The summed E-state index contributed by atoms with van der Waals surface area (Å²) in [5.74, 6) is 0.855. The highest BCUT2D eigenvalue weighted by molar-refractivity contribution is 5.93. The number of ketones is 1. The summed E-state index contributed by atoms with van der Waals surface area (Å²) in [7, 11) is 0. The summed E-state index contributed by atoms with van der Waals surface area (Å²) in [4.78, 5) is 19.4. The molecule has 1 aromatic carbocycles. The predicted molar refractivity (Wildman–Crippen MR) is 126 cm³/mol. The van der Waals surface area contributed by atoms with Crippen molar-refractivity contribution in [2.45, 2.75) is 58.0 Å². The van der Waals surface area contributed by atoms with Gasteiger partial charge in [0.1, 0.15) is 0 Å². The lowest BCUT2D eigenvalue weighted by atomic mass is 9.90. The number of Topliss-reactive ketones (excluding diaryl/α,β-unsaturated/α-hetero) is 1. The standard InChI is InChI=1S/C26H41N3O2/c1-22(30)25-8-6-23(7-9-25)19-28-15-16-29-14-10-24(18-26(29)20-28)21-31-17-5-13-27-11-3-2-4-12-27/h6-9,24,26H,2-5,10-21H2,1H3/t24-,26+/m0/s1. The van der Waals surface area contributed by atoms with Crippen molar-refractivity contribution in [1.29, 1.82) is 0 Å². The van der Waals surface area contributed by atoms with Gasteiger partial charge < -0.3 is 9.64 Å². The van der Waals surface area contributed by atoms with Crippen molar-refractivity contribution in [2.75, 3.05) is 59.0 Å². The molecule has 3 saturated heterocycles. The highest BCUT2D eigenvalue weighted by Gasteiger charge is 2.33. The molecule has 3 fully saturated rings. The first-order chi connectivity index (χ1) is 15.2. The first-order valence-corrected chi connectivity index (χ1v) is 12.5. The van der Waals surface area contributed by atoms with Gasteiger partial charge in [0.25, 0.3) is 0 Å². The van der Waals surface area contributed by atoms with E-state index in [2.05, 4.69) is 26.8 Å². The monoisotopic (exact) mass is 427 g/mol. The van der Waals surface area contributed by atoms with Gasteiger partial charge in [0.2, 0.25) is 0 Å². The molecule has 0 bridgehead atoms. The number of piperazine rings is 1. The van der Waals surface area contributed by atoms with Gasteiger partial charge in [-0.2, -0.15) is 0 Å². The van der Waals surface area contributed by atoms with Crippen LogP contribution in [0.5, 0.6) is 0 Å². The first kappa shape index (κ1) is 22.9.